The molecular weight excluding hydrogens is 268 g/mol. The van der Waals surface area contributed by atoms with Gasteiger partial charge in [-0.15, -0.1) is 0 Å². The first-order valence-corrected chi connectivity index (χ1v) is 6.16. The Morgan fingerprint density at radius 2 is 2.31 bits per heavy atom. The molecule has 0 amide bonds. The Hall–Kier alpha value is -1.09. The van der Waals surface area contributed by atoms with Gasteiger partial charge in [-0.05, 0) is 48.6 Å². The number of aryl methyl sites for hydroxylation is 1. The van der Waals surface area contributed by atoms with Crippen molar-refractivity contribution >= 4 is 27.5 Å². The number of esters is 1. The number of benzene rings is 1. The molecule has 2 rings (SSSR count). The second kappa shape index (κ2) is 4.83. The Labute approximate surface area is 103 Å². The number of ether oxygens (including phenoxy) is 1. The second-order valence-electron chi connectivity index (χ2n) is 3.72. The van der Waals surface area contributed by atoms with Crippen molar-refractivity contribution < 1.29 is 9.53 Å². The summed E-state index contributed by atoms with van der Waals surface area (Å²) in [6, 6.07) is 6.20. The highest BCUT2D eigenvalue weighted by atomic mass is 79.9. The predicted octanol–water partition coefficient (Wildman–Crippen LogP) is 3.34. The zero-order valence-electron chi connectivity index (χ0n) is 9.13. The Morgan fingerprint density at radius 1 is 1.50 bits per heavy atom. The van der Waals surface area contributed by atoms with Crippen LogP contribution < -0.4 is 0 Å². The van der Waals surface area contributed by atoms with Crippen molar-refractivity contribution in [1.82, 2.24) is 0 Å². The Balaban J connectivity index is 2.29. The van der Waals surface area contributed by atoms with Gasteiger partial charge in [-0.25, -0.2) is 4.79 Å². The molecule has 0 unspecified atom stereocenters. The maximum Gasteiger partial charge on any atom is 0.331 e. The molecular formula is C13H13BrO2. The third-order valence-corrected chi connectivity index (χ3v) is 3.15. The van der Waals surface area contributed by atoms with Crippen LogP contribution >= 0.6 is 15.9 Å². The van der Waals surface area contributed by atoms with Gasteiger partial charge in [0, 0.05) is 10.5 Å². The number of carbonyl (C=O) groups excluding carboxylic acids is 1. The van der Waals surface area contributed by atoms with Crippen molar-refractivity contribution in [3.05, 3.63) is 39.9 Å². The van der Waals surface area contributed by atoms with Gasteiger partial charge >= 0.3 is 5.97 Å². The molecule has 0 aliphatic heterocycles. The minimum Gasteiger partial charge on any atom is -0.463 e. The first-order chi connectivity index (χ1) is 7.70. The summed E-state index contributed by atoms with van der Waals surface area (Å²) >= 11 is 3.45. The zero-order chi connectivity index (χ0) is 11.5. The average molecular weight is 281 g/mol. The molecule has 0 saturated carbocycles. The smallest absolute Gasteiger partial charge is 0.331 e. The third-order valence-electron chi connectivity index (χ3n) is 2.66. The van der Waals surface area contributed by atoms with Gasteiger partial charge in [-0.2, -0.15) is 0 Å². The van der Waals surface area contributed by atoms with Crippen molar-refractivity contribution in [2.45, 2.75) is 19.8 Å². The van der Waals surface area contributed by atoms with Gasteiger partial charge in [0.15, 0.2) is 0 Å². The second-order valence-corrected chi connectivity index (χ2v) is 4.64. The molecule has 0 fully saturated rings. The number of rotatable bonds is 2. The third kappa shape index (κ3) is 2.35. The van der Waals surface area contributed by atoms with Crippen molar-refractivity contribution in [3.8, 4) is 0 Å². The largest absolute Gasteiger partial charge is 0.463 e. The average Bonchev–Trinajstić information content (AvgIpc) is 2.61. The van der Waals surface area contributed by atoms with Gasteiger partial charge in [0.05, 0.1) is 6.61 Å². The highest BCUT2D eigenvalue weighted by Crippen LogP contribution is 2.33. The van der Waals surface area contributed by atoms with E-state index in [0.29, 0.717) is 6.61 Å². The summed E-state index contributed by atoms with van der Waals surface area (Å²) in [6.07, 6.45) is 3.54. The quantitative estimate of drug-likeness (QED) is 0.614. The van der Waals surface area contributed by atoms with Crippen molar-refractivity contribution in [3.63, 3.8) is 0 Å². The van der Waals surface area contributed by atoms with E-state index >= 15 is 0 Å². The normalized spacial score (nSPS) is 16.2. The molecule has 0 saturated heterocycles. The molecule has 1 aliphatic carbocycles. The van der Waals surface area contributed by atoms with E-state index in [9.17, 15) is 4.79 Å². The van der Waals surface area contributed by atoms with Crippen molar-refractivity contribution in [1.29, 1.82) is 0 Å². The fourth-order valence-corrected chi connectivity index (χ4v) is 2.31. The zero-order valence-corrected chi connectivity index (χ0v) is 10.7. The molecule has 2 nitrogen and oxygen atoms in total. The minimum atomic E-state index is -0.245. The number of fused-ring (bicyclic) bond motifs is 1. The summed E-state index contributed by atoms with van der Waals surface area (Å²) in [4.78, 5) is 11.4. The number of carbonyl (C=O) groups is 1. The van der Waals surface area contributed by atoms with E-state index in [1.165, 1.54) is 11.1 Å². The first-order valence-electron chi connectivity index (χ1n) is 5.37. The molecule has 0 atom stereocenters. The molecule has 84 valence electrons. The van der Waals surface area contributed by atoms with E-state index < -0.39 is 0 Å². The maximum atomic E-state index is 11.4. The molecule has 0 bridgehead atoms. The molecule has 1 aromatic carbocycles. The summed E-state index contributed by atoms with van der Waals surface area (Å²) < 4.78 is 5.97. The molecule has 0 N–H and O–H groups in total. The summed E-state index contributed by atoms with van der Waals surface area (Å²) in [5.41, 5.74) is 3.55. The summed E-state index contributed by atoms with van der Waals surface area (Å²) in [5, 5.41) is 0. The van der Waals surface area contributed by atoms with Gasteiger partial charge in [-0.1, -0.05) is 22.0 Å². The van der Waals surface area contributed by atoms with Crippen LogP contribution in [0.1, 0.15) is 24.5 Å². The number of halogens is 1. The molecule has 0 spiro atoms. The van der Waals surface area contributed by atoms with Crippen LogP contribution in [0.25, 0.3) is 5.57 Å². The standard InChI is InChI=1S/C13H13BrO2/c1-2-16-13(15)7-10-4-3-9-5-6-11(14)8-12(9)10/h5-8H,2-4H2,1H3/b10-7+. The molecule has 16 heavy (non-hydrogen) atoms. The van der Waals surface area contributed by atoms with Crippen LogP contribution in [0.2, 0.25) is 0 Å². The number of allylic oxidation sites excluding steroid dienone is 1. The van der Waals surface area contributed by atoms with Gasteiger partial charge in [0.1, 0.15) is 0 Å². The lowest BCUT2D eigenvalue weighted by Gasteiger charge is -2.02. The molecule has 0 heterocycles. The highest BCUT2D eigenvalue weighted by Gasteiger charge is 2.17. The Morgan fingerprint density at radius 3 is 3.06 bits per heavy atom. The fraction of sp³-hybridized carbons (Fsp3) is 0.308. The van der Waals surface area contributed by atoms with Gasteiger partial charge in [0.25, 0.3) is 0 Å². The van der Waals surface area contributed by atoms with Crippen LogP contribution in [-0.4, -0.2) is 12.6 Å². The maximum absolute atomic E-state index is 11.4. The topological polar surface area (TPSA) is 26.3 Å². The highest BCUT2D eigenvalue weighted by molar-refractivity contribution is 9.10. The molecule has 3 heteroatoms. The van der Waals surface area contributed by atoms with Crippen LogP contribution in [0.15, 0.2) is 28.7 Å². The van der Waals surface area contributed by atoms with Crippen LogP contribution in [0.3, 0.4) is 0 Å². The molecule has 1 aromatic rings. The molecule has 0 radical (unpaired) electrons. The van der Waals surface area contributed by atoms with E-state index in [1.54, 1.807) is 6.08 Å². The summed E-state index contributed by atoms with van der Waals surface area (Å²) in [7, 11) is 0. The Bertz CT molecular complexity index is 449. The monoisotopic (exact) mass is 280 g/mol. The summed E-state index contributed by atoms with van der Waals surface area (Å²) in [6.45, 7) is 2.24. The van der Waals surface area contributed by atoms with Gasteiger partial charge < -0.3 is 4.74 Å². The van der Waals surface area contributed by atoms with E-state index in [0.717, 1.165) is 22.9 Å². The van der Waals surface area contributed by atoms with E-state index in [-0.39, 0.29) is 5.97 Å². The summed E-state index contributed by atoms with van der Waals surface area (Å²) in [5.74, 6) is -0.245. The molecule has 1 aliphatic rings. The first kappa shape index (κ1) is 11.4. The fourth-order valence-electron chi connectivity index (χ4n) is 1.95. The number of hydrogen-bond acceptors (Lipinski definition) is 2. The van der Waals surface area contributed by atoms with Crippen molar-refractivity contribution in [2.24, 2.45) is 0 Å². The van der Waals surface area contributed by atoms with E-state index in [2.05, 4.69) is 28.1 Å². The van der Waals surface area contributed by atoms with Gasteiger partial charge in [0.2, 0.25) is 0 Å². The van der Waals surface area contributed by atoms with E-state index in [1.807, 2.05) is 13.0 Å². The van der Waals surface area contributed by atoms with E-state index in [4.69, 9.17) is 4.74 Å². The Kier molecular flexibility index (Phi) is 3.44. The lowest BCUT2D eigenvalue weighted by molar-refractivity contribution is -0.137. The van der Waals surface area contributed by atoms with Crippen LogP contribution in [0.5, 0.6) is 0 Å². The number of hydrogen-bond donors (Lipinski definition) is 0. The minimum absolute atomic E-state index is 0.245. The van der Waals surface area contributed by atoms with Crippen LogP contribution in [0.4, 0.5) is 0 Å². The predicted molar refractivity (Wildman–Crippen MR) is 67.1 cm³/mol. The SMILES string of the molecule is CCOC(=O)/C=C1\CCc2ccc(Br)cc21. The van der Waals surface area contributed by atoms with Crippen LogP contribution in [0, 0.1) is 0 Å². The molecule has 0 aromatic heterocycles. The van der Waals surface area contributed by atoms with Crippen molar-refractivity contribution in [2.75, 3.05) is 6.61 Å². The van der Waals surface area contributed by atoms with Crippen LogP contribution in [-0.2, 0) is 16.0 Å². The lowest BCUT2D eigenvalue weighted by Crippen LogP contribution is -2.00. The lowest BCUT2D eigenvalue weighted by atomic mass is 10.1. The van der Waals surface area contributed by atoms with Gasteiger partial charge in [-0.3, -0.25) is 0 Å².